The molecule has 0 spiro atoms. The fourth-order valence-electron chi connectivity index (χ4n) is 1.86. The van der Waals surface area contributed by atoms with Crippen LogP contribution in [0.2, 0.25) is 0 Å². The van der Waals surface area contributed by atoms with Crippen molar-refractivity contribution in [1.82, 2.24) is 9.78 Å². The summed E-state index contributed by atoms with van der Waals surface area (Å²) in [6.45, 7) is 2.69. The lowest BCUT2D eigenvalue weighted by Crippen LogP contribution is -2.27. The van der Waals surface area contributed by atoms with Crippen LogP contribution in [0.15, 0.2) is 36.7 Å². The van der Waals surface area contributed by atoms with Gasteiger partial charge in [-0.3, -0.25) is 9.48 Å². The molecule has 1 aromatic carbocycles. The molecule has 0 fully saturated rings. The van der Waals surface area contributed by atoms with Gasteiger partial charge in [-0.2, -0.15) is 5.10 Å². The number of amides is 1. The maximum atomic E-state index is 12.1. The van der Waals surface area contributed by atoms with Crippen LogP contribution in [0.25, 0.3) is 0 Å². The number of rotatable bonds is 6. The lowest BCUT2D eigenvalue weighted by Gasteiger charge is -2.12. The topological polar surface area (TPSA) is 82.2 Å². The zero-order valence-electron chi connectivity index (χ0n) is 12.2. The predicted molar refractivity (Wildman–Crippen MR) is 81.0 cm³/mol. The van der Waals surface area contributed by atoms with Gasteiger partial charge in [0.1, 0.15) is 11.8 Å². The highest BCUT2D eigenvalue weighted by molar-refractivity contribution is 5.95. The highest BCUT2D eigenvalue weighted by atomic mass is 16.5. The Balaban J connectivity index is 2.02. The molecule has 0 aliphatic heterocycles. The molecule has 1 unspecified atom stereocenters. The van der Waals surface area contributed by atoms with Gasteiger partial charge >= 0.3 is 0 Å². The third-order valence-corrected chi connectivity index (χ3v) is 2.94. The first-order chi connectivity index (χ1) is 10.1. The minimum Gasteiger partial charge on any atom is -0.494 e. The maximum Gasteiger partial charge on any atom is 0.246 e. The summed E-state index contributed by atoms with van der Waals surface area (Å²) in [6, 6.07) is 6.51. The average Bonchev–Trinajstić information content (AvgIpc) is 2.91. The molecule has 0 bridgehead atoms. The van der Waals surface area contributed by atoms with Crippen molar-refractivity contribution < 1.29 is 9.53 Å². The Kier molecular flexibility index (Phi) is 4.94. The number of benzene rings is 1. The zero-order chi connectivity index (χ0) is 15.2. The molecule has 0 saturated carbocycles. The van der Waals surface area contributed by atoms with E-state index in [1.54, 1.807) is 36.3 Å². The average molecular weight is 288 g/mol. The molecule has 2 aromatic rings. The molecule has 0 radical (unpaired) electrons. The molecule has 0 aliphatic rings. The van der Waals surface area contributed by atoms with E-state index in [4.69, 9.17) is 10.5 Å². The number of hydrogen-bond acceptors (Lipinski definition) is 4. The number of aromatic nitrogens is 2. The van der Waals surface area contributed by atoms with Crippen molar-refractivity contribution in [1.29, 1.82) is 0 Å². The van der Waals surface area contributed by atoms with Crippen molar-refractivity contribution >= 4 is 11.6 Å². The Labute approximate surface area is 123 Å². The van der Waals surface area contributed by atoms with Crippen LogP contribution in [0.4, 0.5) is 5.69 Å². The highest BCUT2D eigenvalue weighted by Crippen LogP contribution is 2.19. The van der Waals surface area contributed by atoms with Crippen LogP contribution in [-0.4, -0.2) is 22.3 Å². The first kappa shape index (κ1) is 15.1. The molecular weight excluding hydrogens is 268 g/mol. The summed E-state index contributed by atoms with van der Waals surface area (Å²) in [6.07, 6.45) is 4.25. The van der Waals surface area contributed by atoms with E-state index < -0.39 is 6.04 Å². The standard InChI is InChI=1S/C15H20N4O2/c1-3-7-21-13-6-4-5-12(8-13)18-15(20)14(16)11-9-17-19(2)10-11/h4-6,8-10,14H,3,7,16H2,1-2H3,(H,18,20). The number of anilines is 1. The van der Waals surface area contributed by atoms with E-state index in [2.05, 4.69) is 10.4 Å². The van der Waals surface area contributed by atoms with E-state index in [-0.39, 0.29) is 5.91 Å². The molecule has 0 saturated heterocycles. The number of nitrogens with zero attached hydrogens (tertiary/aromatic N) is 2. The fraction of sp³-hybridized carbons (Fsp3) is 0.333. The van der Waals surface area contributed by atoms with Crippen molar-refractivity contribution in [3.63, 3.8) is 0 Å². The normalized spacial score (nSPS) is 12.0. The number of nitrogens with one attached hydrogen (secondary N) is 1. The van der Waals surface area contributed by atoms with Gasteiger partial charge in [0, 0.05) is 30.6 Å². The largest absolute Gasteiger partial charge is 0.494 e. The Morgan fingerprint density at radius 2 is 2.33 bits per heavy atom. The SMILES string of the molecule is CCCOc1cccc(NC(=O)C(N)c2cnn(C)c2)c1. The van der Waals surface area contributed by atoms with Crippen molar-refractivity contribution in [3.8, 4) is 5.75 Å². The number of carbonyl (C=O) groups excluding carboxylic acids is 1. The smallest absolute Gasteiger partial charge is 0.246 e. The van der Waals surface area contributed by atoms with Gasteiger partial charge in [-0.1, -0.05) is 13.0 Å². The van der Waals surface area contributed by atoms with Crippen LogP contribution < -0.4 is 15.8 Å². The van der Waals surface area contributed by atoms with Gasteiger partial charge in [-0.25, -0.2) is 0 Å². The van der Waals surface area contributed by atoms with Crippen molar-refractivity contribution in [2.24, 2.45) is 12.8 Å². The van der Waals surface area contributed by atoms with Crippen molar-refractivity contribution in [3.05, 3.63) is 42.2 Å². The molecule has 1 heterocycles. The number of carbonyl (C=O) groups is 1. The quantitative estimate of drug-likeness (QED) is 0.850. The molecule has 112 valence electrons. The van der Waals surface area contributed by atoms with E-state index in [0.717, 1.165) is 12.2 Å². The van der Waals surface area contributed by atoms with Gasteiger partial charge in [0.15, 0.2) is 0 Å². The molecule has 1 amide bonds. The van der Waals surface area contributed by atoms with E-state index in [0.29, 0.717) is 17.9 Å². The summed E-state index contributed by atoms with van der Waals surface area (Å²) in [4.78, 5) is 12.1. The predicted octanol–water partition coefficient (Wildman–Crippen LogP) is 1.85. The number of aryl methyl sites for hydroxylation is 1. The lowest BCUT2D eigenvalue weighted by atomic mass is 10.1. The first-order valence-corrected chi connectivity index (χ1v) is 6.88. The van der Waals surface area contributed by atoms with Crippen LogP contribution >= 0.6 is 0 Å². The van der Waals surface area contributed by atoms with Crippen LogP contribution in [0.3, 0.4) is 0 Å². The summed E-state index contributed by atoms with van der Waals surface area (Å²) in [7, 11) is 1.78. The number of nitrogens with two attached hydrogens (primary N) is 1. The van der Waals surface area contributed by atoms with E-state index in [1.807, 2.05) is 19.1 Å². The lowest BCUT2D eigenvalue weighted by molar-refractivity contribution is -0.117. The van der Waals surface area contributed by atoms with Gasteiger partial charge < -0.3 is 15.8 Å². The fourth-order valence-corrected chi connectivity index (χ4v) is 1.86. The minimum atomic E-state index is -0.751. The third kappa shape index (κ3) is 4.06. The Morgan fingerprint density at radius 1 is 1.52 bits per heavy atom. The Morgan fingerprint density at radius 3 is 3.00 bits per heavy atom. The molecule has 3 N–H and O–H groups in total. The maximum absolute atomic E-state index is 12.1. The molecule has 2 rings (SSSR count). The summed E-state index contributed by atoms with van der Waals surface area (Å²) in [5, 5.41) is 6.80. The molecule has 1 atom stereocenters. The summed E-state index contributed by atoms with van der Waals surface area (Å²) >= 11 is 0. The zero-order valence-corrected chi connectivity index (χ0v) is 12.2. The van der Waals surface area contributed by atoms with Crippen molar-refractivity contribution in [2.45, 2.75) is 19.4 Å². The Hall–Kier alpha value is -2.34. The van der Waals surface area contributed by atoms with Crippen LogP contribution in [0, 0.1) is 0 Å². The van der Waals surface area contributed by atoms with E-state index >= 15 is 0 Å². The van der Waals surface area contributed by atoms with Gasteiger partial charge in [0.05, 0.1) is 12.8 Å². The molecule has 1 aromatic heterocycles. The third-order valence-electron chi connectivity index (χ3n) is 2.94. The Bertz CT molecular complexity index is 609. The second-order valence-electron chi connectivity index (χ2n) is 4.79. The van der Waals surface area contributed by atoms with Gasteiger partial charge in [0.25, 0.3) is 0 Å². The van der Waals surface area contributed by atoms with E-state index in [1.165, 1.54) is 0 Å². The summed E-state index contributed by atoms with van der Waals surface area (Å²) in [5.41, 5.74) is 7.26. The second-order valence-corrected chi connectivity index (χ2v) is 4.79. The summed E-state index contributed by atoms with van der Waals surface area (Å²) in [5.74, 6) is 0.445. The van der Waals surface area contributed by atoms with Gasteiger partial charge in [-0.05, 0) is 18.6 Å². The molecular formula is C15H20N4O2. The number of hydrogen-bond donors (Lipinski definition) is 2. The molecule has 21 heavy (non-hydrogen) atoms. The van der Waals surface area contributed by atoms with Crippen LogP contribution in [0.5, 0.6) is 5.75 Å². The minimum absolute atomic E-state index is 0.282. The molecule has 6 heteroatoms. The monoisotopic (exact) mass is 288 g/mol. The van der Waals surface area contributed by atoms with Crippen LogP contribution in [-0.2, 0) is 11.8 Å². The summed E-state index contributed by atoms with van der Waals surface area (Å²) < 4.78 is 7.14. The molecule has 0 aliphatic carbocycles. The first-order valence-electron chi connectivity index (χ1n) is 6.88. The second kappa shape index (κ2) is 6.90. The molecule has 6 nitrogen and oxygen atoms in total. The van der Waals surface area contributed by atoms with Gasteiger partial charge in [0.2, 0.25) is 5.91 Å². The van der Waals surface area contributed by atoms with E-state index in [9.17, 15) is 4.79 Å². The van der Waals surface area contributed by atoms with Crippen LogP contribution in [0.1, 0.15) is 24.9 Å². The van der Waals surface area contributed by atoms with Crippen molar-refractivity contribution in [2.75, 3.05) is 11.9 Å². The van der Waals surface area contributed by atoms with Gasteiger partial charge in [-0.15, -0.1) is 0 Å². The highest BCUT2D eigenvalue weighted by Gasteiger charge is 2.17. The number of ether oxygens (including phenoxy) is 1.